The molecule has 2 rings (SSSR count). The Morgan fingerprint density at radius 2 is 1.75 bits per heavy atom. The molecule has 0 aromatic heterocycles. The zero-order valence-corrected chi connectivity index (χ0v) is 10.8. The van der Waals surface area contributed by atoms with E-state index in [-0.39, 0.29) is 5.69 Å². The van der Waals surface area contributed by atoms with Gasteiger partial charge in [0.1, 0.15) is 11.8 Å². The number of para-hydroxylation sites is 2. The molecule has 0 bridgehead atoms. The number of nitrogens with zero attached hydrogens (tertiary/aromatic N) is 2. The molecule has 0 radical (unpaired) electrons. The third-order valence-electron chi connectivity index (χ3n) is 2.76. The predicted molar refractivity (Wildman–Crippen MR) is 74.2 cm³/mol. The normalized spacial score (nSPS) is 11.4. The van der Waals surface area contributed by atoms with Crippen LogP contribution in [0.3, 0.4) is 0 Å². The van der Waals surface area contributed by atoms with Crippen molar-refractivity contribution in [2.75, 3.05) is 0 Å². The third-order valence-corrected chi connectivity index (χ3v) is 2.76. The van der Waals surface area contributed by atoms with Gasteiger partial charge in [0.15, 0.2) is 6.10 Å². The second kappa shape index (κ2) is 5.85. The zero-order valence-electron chi connectivity index (χ0n) is 10.8. The van der Waals surface area contributed by atoms with Gasteiger partial charge in [0, 0.05) is 11.6 Å². The highest BCUT2D eigenvalue weighted by molar-refractivity contribution is 5.78. The smallest absolute Gasteiger partial charge is 0.277 e. The van der Waals surface area contributed by atoms with Gasteiger partial charge in [-0.3, -0.25) is 10.1 Å². The summed E-state index contributed by atoms with van der Waals surface area (Å²) in [6.45, 7) is 1.62. The average molecular weight is 268 g/mol. The van der Waals surface area contributed by atoms with Crippen molar-refractivity contribution in [1.82, 2.24) is 0 Å². The number of benzene rings is 2. The van der Waals surface area contributed by atoms with Crippen LogP contribution in [0.15, 0.2) is 48.5 Å². The van der Waals surface area contributed by atoms with Gasteiger partial charge in [0.05, 0.1) is 10.5 Å². The van der Waals surface area contributed by atoms with Crippen LogP contribution in [0.25, 0.3) is 11.1 Å². The number of nitro benzene ring substituents is 1. The Labute approximate surface area is 116 Å². The van der Waals surface area contributed by atoms with Crippen molar-refractivity contribution in [1.29, 1.82) is 5.26 Å². The first-order valence-corrected chi connectivity index (χ1v) is 6.02. The molecule has 0 spiro atoms. The molecule has 0 amide bonds. The van der Waals surface area contributed by atoms with Gasteiger partial charge in [-0.05, 0) is 19.1 Å². The Morgan fingerprint density at radius 1 is 1.15 bits per heavy atom. The monoisotopic (exact) mass is 268 g/mol. The molecule has 5 nitrogen and oxygen atoms in total. The molecule has 0 aliphatic heterocycles. The second-order valence-corrected chi connectivity index (χ2v) is 4.16. The number of hydrogen-bond acceptors (Lipinski definition) is 4. The van der Waals surface area contributed by atoms with Gasteiger partial charge in [-0.25, -0.2) is 0 Å². The molecule has 5 heteroatoms. The van der Waals surface area contributed by atoms with Gasteiger partial charge in [-0.1, -0.05) is 30.3 Å². The van der Waals surface area contributed by atoms with Crippen molar-refractivity contribution in [3.63, 3.8) is 0 Å². The molecular formula is C15H12N2O3. The Bertz CT molecular complexity index is 677. The van der Waals surface area contributed by atoms with E-state index in [2.05, 4.69) is 0 Å². The van der Waals surface area contributed by atoms with E-state index in [0.717, 1.165) is 0 Å². The topological polar surface area (TPSA) is 76.2 Å². The number of ether oxygens (including phenoxy) is 1. The molecule has 0 saturated heterocycles. The maximum Gasteiger partial charge on any atom is 0.277 e. The highest BCUT2D eigenvalue weighted by Crippen LogP contribution is 2.36. The fourth-order valence-electron chi connectivity index (χ4n) is 1.87. The van der Waals surface area contributed by atoms with Crippen LogP contribution in [0.4, 0.5) is 5.69 Å². The second-order valence-electron chi connectivity index (χ2n) is 4.16. The maximum atomic E-state index is 11.1. The van der Waals surface area contributed by atoms with Crippen molar-refractivity contribution in [2.45, 2.75) is 13.0 Å². The summed E-state index contributed by atoms with van der Waals surface area (Å²) < 4.78 is 5.50. The van der Waals surface area contributed by atoms with E-state index in [9.17, 15) is 10.1 Å². The quantitative estimate of drug-likeness (QED) is 0.627. The molecule has 0 N–H and O–H groups in total. The average Bonchev–Trinajstić information content (AvgIpc) is 2.47. The van der Waals surface area contributed by atoms with E-state index in [1.54, 1.807) is 49.4 Å². The van der Waals surface area contributed by atoms with E-state index < -0.39 is 11.0 Å². The number of nitro groups is 1. The zero-order chi connectivity index (χ0) is 14.5. The molecule has 0 heterocycles. The Morgan fingerprint density at radius 3 is 2.40 bits per heavy atom. The summed E-state index contributed by atoms with van der Waals surface area (Å²) in [6.07, 6.45) is -0.626. The minimum Gasteiger partial charge on any atom is -0.475 e. The minimum atomic E-state index is -0.626. The highest BCUT2D eigenvalue weighted by atomic mass is 16.6. The molecular weight excluding hydrogens is 256 g/mol. The van der Waals surface area contributed by atoms with E-state index in [4.69, 9.17) is 10.00 Å². The summed E-state index contributed by atoms with van der Waals surface area (Å²) in [5.41, 5.74) is 1.08. The first-order chi connectivity index (χ1) is 9.63. The SMILES string of the molecule is C[C@H](C#N)Oc1ccccc1-c1ccccc1[N+](=O)[O-]. The number of nitriles is 1. The number of rotatable bonds is 4. The van der Waals surface area contributed by atoms with Crippen LogP contribution < -0.4 is 4.74 Å². The fourth-order valence-corrected chi connectivity index (χ4v) is 1.87. The van der Waals surface area contributed by atoms with Crippen LogP contribution >= 0.6 is 0 Å². The first kappa shape index (κ1) is 13.6. The summed E-state index contributed by atoms with van der Waals surface area (Å²) in [5, 5.41) is 19.9. The maximum absolute atomic E-state index is 11.1. The molecule has 0 unspecified atom stereocenters. The molecule has 20 heavy (non-hydrogen) atoms. The molecule has 100 valence electrons. The van der Waals surface area contributed by atoms with Crippen LogP contribution in [-0.2, 0) is 0 Å². The van der Waals surface area contributed by atoms with Crippen molar-refractivity contribution in [2.24, 2.45) is 0 Å². The van der Waals surface area contributed by atoms with E-state index in [1.165, 1.54) is 6.07 Å². The van der Waals surface area contributed by atoms with Gasteiger partial charge in [0.25, 0.3) is 5.69 Å². The molecule has 2 aromatic carbocycles. The van der Waals surface area contributed by atoms with Crippen molar-refractivity contribution < 1.29 is 9.66 Å². The van der Waals surface area contributed by atoms with E-state index in [1.807, 2.05) is 6.07 Å². The van der Waals surface area contributed by atoms with E-state index in [0.29, 0.717) is 16.9 Å². The summed E-state index contributed by atoms with van der Waals surface area (Å²) in [6, 6.07) is 15.4. The minimum absolute atomic E-state index is 0.00756. The standard InChI is InChI=1S/C15H12N2O3/c1-11(10-16)20-15-9-5-3-7-13(15)12-6-2-4-8-14(12)17(18)19/h2-9,11H,1H3/t11-/m1/s1. The lowest BCUT2D eigenvalue weighted by Gasteiger charge is -2.12. The lowest BCUT2D eigenvalue weighted by molar-refractivity contribution is -0.384. The van der Waals surface area contributed by atoms with Crippen LogP contribution in [0.1, 0.15) is 6.92 Å². The van der Waals surface area contributed by atoms with E-state index >= 15 is 0 Å². The highest BCUT2D eigenvalue weighted by Gasteiger charge is 2.18. The van der Waals surface area contributed by atoms with Crippen molar-refractivity contribution in [3.05, 3.63) is 58.6 Å². The fraction of sp³-hybridized carbons (Fsp3) is 0.133. The first-order valence-electron chi connectivity index (χ1n) is 6.02. The van der Waals surface area contributed by atoms with Gasteiger partial charge in [-0.2, -0.15) is 5.26 Å². The summed E-state index contributed by atoms with van der Waals surface area (Å²) in [7, 11) is 0. The largest absolute Gasteiger partial charge is 0.475 e. The van der Waals surface area contributed by atoms with Crippen LogP contribution in [-0.4, -0.2) is 11.0 Å². The van der Waals surface area contributed by atoms with Gasteiger partial charge in [-0.15, -0.1) is 0 Å². The lowest BCUT2D eigenvalue weighted by atomic mass is 10.0. The molecule has 1 atom stereocenters. The number of hydrogen-bond donors (Lipinski definition) is 0. The Hall–Kier alpha value is -2.87. The molecule has 2 aromatic rings. The van der Waals surface area contributed by atoms with Gasteiger partial charge < -0.3 is 4.74 Å². The van der Waals surface area contributed by atoms with Crippen LogP contribution in [0.2, 0.25) is 0 Å². The lowest BCUT2D eigenvalue weighted by Crippen LogP contribution is -2.09. The summed E-state index contributed by atoms with van der Waals surface area (Å²) >= 11 is 0. The van der Waals surface area contributed by atoms with Crippen molar-refractivity contribution in [3.8, 4) is 22.9 Å². The summed E-state index contributed by atoms with van der Waals surface area (Å²) in [5.74, 6) is 0.454. The van der Waals surface area contributed by atoms with Crippen LogP contribution in [0.5, 0.6) is 5.75 Å². The molecule has 0 aliphatic rings. The van der Waals surface area contributed by atoms with Gasteiger partial charge in [0.2, 0.25) is 0 Å². The van der Waals surface area contributed by atoms with Gasteiger partial charge >= 0.3 is 0 Å². The summed E-state index contributed by atoms with van der Waals surface area (Å²) in [4.78, 5) is 10.7. The molecule has 0 aliphatic carbocycles. The molecule has 0 fully saturated rings. The van der Waals surface area contributed by atoms with Crippen molar-refractivity contribution >= 4 is 5.69 Å². The molecule has 0 saturated carbocycles. The third kappa shape index (κ3) is 2.75. The van der Waals surface area contributed by atoms with Crippen LogP contribution in [0, 0.1) is 21.4 Å². The predicted octanol–water partition coefficient (Wildman–Crippen LogP) is 3.55. The Kier molecular flexibility index (Phi) is 3.96. The Balaban J connectivity index is 2.54.